The third kappa shape index (κ3) is 4.81. The molecule has 0 saturated carbocycles. The summed E-state index contributed by atoms with van der Waals surface area (Å²) in [6, 6.07) is 11.5. The van der Waals surface area contributed by atoms with E-state index in [0.29, 0.717) is 5.30 Å². The summed E-state index contributed by atoms with van der Waals surface area (Å²) in [7, 11) is -3.95. The number of hydrogen-bond donors (Lipinski definition) is 0. The number of nitro benzene ring substituents is 2. The van der Waals surface area contributed by atoms with E-state index >= 15 is 0 Å². The van der Waals surface area contributed by atoms with Crippen LogP contribution < -0.4 is 10.0 Å². The third-order valence-electron chi connectivity index (χ3n) is 6.49. The van der Waals surface area contributed by atoms with Gasteiger partial charge in [-0.1, -0.05) is 18.2 Å². The highest BCUT2D eigenvalue weighted by atomic mass is 31.2. The normalized spacial score (nSPS) is 33.4. The van der Waals surface area contributed by atoms with Crippen molar-refractivity contribution in [1.29, 1.82) is 0 Å². The van der Waals surface area contributed by atoms with Crippen LogP contribution in [-0.2, 0) is 28.0 Å². The topological polar surface area (TPSA) is 159 Å². The number of hydrogen-bond acceptors (Lipinski definition) is 11. The van der Waals surface area contributed by atoms with Crippen LogP contribution in [0.2, 0.25) is 0 Å². The van der Waals surface area contributed by atoms with Gasteiger partial charge in [-0.25, -0.2) is 0 Å². The molecule has 2 aromatic carbocycles. The van der Waals surface area contributed by atoms with Crippen molar-refractivity contribution in [2.24, 2.45) is 0 Å². The Balaban J connectivity index is 1.59. The fourth-order valence-electron chi connectivity index (χ4n) is 4.94. The van der Waals surface area contributed by atoms with Crippen LogP contribution in [0.3, 0.4) is 0 Å². The second kappa shape index (κ2) is 9.37. The molecule has 3 saturated heterocycles. The van der Waals surface area contributed by atoms with Gasteiger partial charge >= 0.3 is 11.4 Å². The van der Waals surface area contributed by atoms with Gasteiger partial charge in [-0.3, -0.25) is 24.8 Å². The van der Waals surface area contributed by atoms with Crippen molar-refractivity contribution < 1.29 is 42.6 Å². The molecule has 0 aromatic heterocycles. The van der Waals surface area contributed by atoms with Crippen LogP contribution in [0.4, 0.5) is 11.4 Å². The van der Waals surface area contributed by atoms with E-state index in [9.17, 15) is 24.8 Å². The average Bonchev–Trinajstić information content (AvgIpc) is 3.38. The Hall–Kier alpha value is -2.93. The average molecular weight is 550 g/mol. The molecule has 0 N–H and O–H groups in total. The van der Waals surface area contributed by atoms with Crippen molar-refractivity contribution in [2.45, 2.75) is 69.5 Å². The highest BCUT2D eigenvalue weighted by Gasteiger charge is 2.64. The predicted octanol–water partition coefficient (Wildman–Crippen LogP) is 3.88. The Kier molecular flexibility index (Phi) is 6.57. The fourth-order valence-corrected chi connectivity index (χ4v) is 7.56. The Bertz CT molecular complexity index is 1300. The lowest BCUT2D eigenvalue weighted by Gasteiger charge is -2.43. The smallest absolute Gasteiger partial charge is 0.349 e. The fraction of sp³-hybridized carbons (Fsp3) is 0.500. The standard InChI is InChI=1S/C24H27N2O11P/c1-23(2)32-13-18(34-23)19-20-21(36-24(3,4)35-20)22(38(31,37-19)15-8-6-5-7-9-15)33-14-10-11-16(25(27)28)17(12-14)26(29)30/h5-12,18-22H,13H2,1-4H3/t18-,19-,20+,21+,22-,38-/m1/s1. The summed E-state index contributed by atoms with van der Waals surface area (Å²) in [6.07, 6.45) is -3.23. The summed E-state index contributed by atoms with van der Waals surface area (Å²) in [6.45, 7) is 7.07. The van der Waals surface area contributed by atoms with Crippen LogP contribution in [0.25, 0.3) is 0 Å². The molecule has 0 aliphatic carbocycles. The number of benzene rings is 2. The van der Waals surface area contributed by atoms with E-state index in [-0.39, 0.29) is 12.4 Å². The Morgan fingerprint density at radius 1 is 0.868 bits per heavy atom. The van der Waals surface area contributed by atoms with Crippen LogP contribution >= 0.6 is 7.37 Å². The molecule has 2 aromatic rings. The van der Waals surface area contributed by atoms with Gasteiger partial charge < -0.3 is 28.2 Å². The van der Waals surface area contributed by atoms with Crippen molar-refractivity contribution >= 4 is 24.0 Å². The van der Waals surface area contributed by atoms with Crippen LogP contribution in [-0.4, -0.2) is 58.3 Å². The third-order valence-corrected chi connectivity index (χ3v) is 9.14. The van der Waals surface area contributed by atoms with Gasteiger partial charge in [0.05, 0.1) is 22.5 Å². The lowest BCUT2D eigenvalue weighted by Crippen LogP contribution is -2.56. The lowest BCUT2D eigenvalue weighted by atomic mass is 10.0. The van der Waals surface area contributed by atoms with Gasteiger partial charge in [-0.05, 0) is 45.9 Å². The molecule has 6 atom stereocenters. The molecule has 3 aliphatic heterocycles. The molecule has 0 radical (unpaired) electrons. The van der Waals surface area contributed by atoms with Crippen molar-refractivity contribution in [3.05, 3.63) is 68.8 Å². The van der Waals surface area contributed by atoms with E-state index in [4.69, 9.17) is 28.2 Å². The minimum atomic E-state index is -3.95. The first-order valence-electron chi connectivity index (χ1n) is 11.9. The zero-order valence-electron chi connectivity index (χ0n) is 21.0. The van der Waals surface area contributed by atoms with Gasteiger partial charge in [0.2, 0.25) is 5.85 Å². The largest absolute Gasteiger partial charge is 0.477 e. The second-order valence-corrected chi connectivity index (χ2v) is 12.5. The maximum absolute atomic E-state index is 14.8. The summed E-state index contributed by atoms with van der Waals surface area (Å²) < 4.78 is 51.4. The molecule has 3 aliphatic rings. The zero-order chi connectivity index (χ0) is 27.5. The molecule has 0 unspecified atom stereocenters. The van der Waals surface area contributed by atoms with Crippen molar-refractivity contribution in [3.63, 3.8) is 0 Å². The van der Waals surface area contributed by atoms with E-state index in [2.05, 4.69) is 0 Å². The highest BCUT2D eigenvalue weighted by molar-refractivity contribution is 7.67. The first-order valence-corrected chi connectivity index (χ1v) is 13.6. The van der Waals surface area contributed by atoms with Gasteiger partial charge in [0.15, 0.2) is 11.6 Å². The summed E-state index contributed by atoms with van der Waals surface area (Å²) in [5.41, 5.74) is -1.47. The molecular formula is C24H27N2O11P. The van der Waals surface area contributed by atoms with E-state index in [0.717, 1.165) is 12.1 Å². The van der Waals surface area contributed by atoms with Crippen LogP contribution in [0.1, 0.15) is 27.7 Å². The van der Waals surface area contributed by atoms with E-state index in [1.54, 1.807) is 58.0 Å². The van der Waals surface area contributed by atoms with Crippen LogP contribution in [0.5, 0.6) is 5.75 Å². The summed E-state index contributed by atoms with van der Waals surface area (Å²) in [5, 5.41) is 23.1. The number of ether oxygens (including phenoxy) is 5. The van der Waals surface area contributed by atoms with Gasteiger partial charge in [0.25, 0.3) is 7.37 Å². The van der Waals surface area contributed by atoms with Gasteiger partial charge in [0, 0.05) is 11.4 Å². The maximum atomic E-state index is 14.8. The minimum Gasteiger partial charge on any atom is -0.477 e. The number of rotatable bonds is 6. The first kappa shape index (κ1) is 26.7. The van der Waals surface area contributed by atoms with E-state index in [1.165, 1.54) is 6.07 Å². The van der Waals surface area contributed by atoms with Crippen LogP contribution in [0, 0.1) is 20.2 Å². The molecule has 14 heteroatoms. The van der Waals surface area contributed by atoms with Crippen molar-refractivity contribution in [1.82, 2.24) is 0 Å². The lowest BCUT2D eigenvalue weighted by molar-refractivity contribution is -0.422. The Labute approximate surface area is 217 Å². The molecular weight excluding hydrogens is 523 g/mol. The van der Waals surface area contributed by atoms with Gasteiger partial charge in [0.1, 0.15) is 30.2 Å². The second-order valence-electron chi connectivity index (χ2n) is 10.1. The molecule has 3 heterocycles. The molecule has 0 bridgehead atoms. The van der Waals surface area contributed by atoms with Crippen molar-refractivity contribution in [3.8, 4) is 5.75 Å². The zero-order valence-corrected chi connectivity index (χ0v) is 21.9. The molecule has 204 valence electrons. The Morgan fingerprint density at radius 3 is 2.13 bits per heavy atom. The molecule has 0 amide bonds. The highest BCUT2D eigenvalue weighted by Crippen LogP contribution is 2.61. The summed E-state index contributed by atoms with van der Waals surface area (Å²) >= 11 is 0. The van der Waals surface area contributed by atoms with Crippen LogP contribution in [0.15, 0.2) is 48.5 Å². The predicted molar refractivity (Wildman–Crippen MR) is 131 cm³/mol. The minimum absolute atomic E-state index is 0.112. The Morgan fingerprint density at radius 2 is 1.53 bits per heavy atom. The summed E-state index contributed by atoms with van der Waals surface area (Å²) in [4.78, 5) is 21.1. The summed E-state index contributed by atoms with van der Waals surface area (Å²) in [5.74, 6) is -3.41. The SMILES string of the molecule is CC1(C)O[C@H]2[C@@H]([C@H]3COC(C)(C)O3)O[P@](=O)(c3ccccc3)[C@@H](Oc3ccc([N+](=O)[O-])c([N+](=O)[O-])c3)[C@H]2O1. The van der Waals surface area contributed by atoms with E-state index < -0.39 is 70.4 Å². The van der Waals surface area contributed by atoms with E-state index in [1.807, 2.05) is 0 Å². The van der Waals surface area contributed by atoms with Gasteiger partial charge in [-0.15, -0.1) is 0 Å². The molecule has 5 rings (SSSR count). The number of nitrogens with zero attached hydrogens (tertiary/aromatic N) is 2. The number of nitro groups is 2. The number of fused-ring (bicyclic) bond motifs is 1. The maximum Gasteiger partial charge on any atom is 0.349 e. The molecule has 0 spiro atoms. The molecule has 38 heavy (non-hydrogen) atoms. The molecule has 13 nitrogen and oxygen atoms in total. The molecule has 3 fully saturated rings. The first-order chi connectivity index (χ1) is 17.8. The van der Waals surface area contributed by atoms with Gasteiger partial charge in [-0.2, -0.15) is 0 Å². The van der Waals surface area contributed by atoms with Crippen molar-refractivity contribution in [2.75, 3.05) is 6.61 Å². The monoisotopic (exact) mass is 550 g/mol. The quantitative estimate of drug-likeness (QED) is 0.292.